The highest BCUT2D eigenvalue weighted by atomic mass is 15.1. The molecule has 2 nitrogen and oxygen atoms in total. The minimum Gasteiger partial charge on any atom is -0.330 e. The van der Waals surface area contributed by atoms with Crippen LogP contribution < -0.4 is 5.73 Å². The third kappa shape index (κ3) is 7.80. The van der Waals surface area contributed by atoms with Gasteiger partial charge in [-0.15, -0.1) is 0 Å². The van der Waals surface area contributed by atoms with Crippen LogP contribution in [0.25, 0.3) is 0 Å². The lowest BCUT2D eigenvalue weighted by Gasteiger charge is -2.25. The van der Waals surface area contributed by atoms with Gasteiger partial charge in [0.05, 0.1) is 0 Å². The molecular formula is C13H30N2. The van der Waals surface area contributed by atoms with Crippen molar-refractivity contribution in [3.63, 3.8) is 0 Å². The standard InChI is InChI=1S/C13H30N2/c1-11(2)7-6-8-15(5)10-13(9-14)12(3)4/h11-13H,6-10,14H2,1-5H3. The number of hydrogen-bond acceptors (Lipinski definition) is 2. The molecule has 0 rings (SSSR count). The van der Waals surface area contributed by atoms with Gasteiger partial charge < -0.3 is 10.6 Å². The maximum absolute atomic E-state index is 5.77. The summed E-state index contributed by atoms with van der Waals surface area (Å²) in [6, 6.07) is 0. The Labute approximate surface area is 96.2 Å². The molecule has 0 saturated heterocycles. The zero-order valence-electron chi connectivity index (χ0n) is 11.3. The predicted molar refractivity (Wildman–Crippen MR) is 69.0 cm³/mol. The van der Waals surface area contributed by atoms with Gasteiger partial charge in [0.2, 0.25) is 0 Å². The molecule has 2 N–H and O–H groups in total. The molecular weight excluding hydrogens is 184 g/mol. The smallest absolute Gasteiger partial charge is 0.00211 e. The first-order chi connectivity index (χ1) is 6.97. The van der Waals surface area contributed by atoms with Gasteiger partial charge in [-0.05, 0) is 50.7 Å². The van der Waals surface area contributed by atoms with Gasteiger partial charge in [0.1, 0.15) is 0 Å². The highest BCUT2D eigenvalue weighted by Crippen LogP contribution is 2.11. The lowest BCUT2D eigenvalue weighted by Crippen LogP contribution is -2.33. The highest BCUT2D eigenvalue weighted by molar-refractivity contribution is 4.68. The quantitative estimate of drug-likeness (QED) is 0.673. The van der Waals surface area contributed by atoms with Gasteiger partial charge >= 0.3 is 0 Å². The summed E-state index contributed by atoms with van der Waals surface area (Å²) in [7, 11) is 2.21. The minimum absolute atomic E-state index is 0.647. The van der Waals surface area contributed by atoms with E-state index in [4.69, 9.17) is 5.73 Å². The zero-order chi connectivity index (χ0) is 11.8. The summed E-state index contributed by atoms with van der Waals surface area (Å²) in [4.78, 5) is 2.43. The van der Waals surface area contributed by atoms with Crippen molar-refractivity contribution in [1.29, 1.82) is 0 Å². The Morgan fingerprint density at radius 3 is 2.13 bits per heavy atom. The summed E-state index contributed by atoms with van der Waals surface area (Å²) in [5.74, 6) is 2.17. The van der Waals surface area contributed by atoms with Crippen LogP contribution in [0.1, 0.15) is 40.5 Å². The molecule has 0 aromatic heterocycles. The van der Waals surface area contributed by atoms with E-state index in [2.05, 4.69) is 39.6 Å². The summed E-state index contributed by atoms with van der Waals surface area (Å²) in [6.07, 6.45) is 2.64. The van der Waals surface area contributed by atoms with Gasteiger partial charge in [0.15, 0.2) is 0 Å². The Hall–Kier alpha value is -0.0800. The number of nitrogens with two attached hydrogens (primary N) is 1. The van der Waals surface area contributed by atoms with E-state index in [9.17, 15) is 0 Å². The number of nitrogens with zero attached hydrogens (tertiary/aromatic N) is 1. The van der Waals surface area contributed by atoms with Crippen LogP contribution in [0.5, 0.6) is 0 Å². The van der Waals surface area contributed by atoms with E-state index in [-0.39, 0.29) is 0 Å². The SMILES string of the molecule is CC(C)CCCN(C)CC(CN)C(C)C. The van der Waals surface area contributed by atoms with Gasteiger partial charge in [0, 0.05) is 6.54 Å². The maximum Gasteiger partial charge on any atom is 0.00211 e. The average Bonchev–Trinajstić information content (AvgIpc) is 2.13. The van der Waals surface area contributed by atoms with E-state index >= 15 is 0 Å². The van der Waals surface area contributed by atoms with E-state index in [1.165, 1.54) is 19.4 Å². The molecule has 2 heteroatoms. The van der Waals surface area contributed by atoms with Gasteiger partial charge in [-0.3, -0.25) is 0 Å². The third-order valence-corrected chi connectivity index (χ3v) is 3.11. The molecule has 0 aromatic carbocycles. The van der Waals surface area contributed by atoms with Crippen LogP contribution in [0.15, 0.2) is 0 Å². The first-order valence-corrected chi connectivity index (χ1v) is 6.36. The van der Waals surface area contributed by atoms with Gasteiger partial charge in [-0.25, -0.2) is 0 Å². The predicted octanol–water partition coefficient (Wildman–Crippen LogP) is 2.59. The molecule has 1 unspecified atom stereocenters. The Morgan fingerprint density at radius 1 is 1.13 bits per heavy atom. The second-order valence-electron chi connectivity index (χ2n) is 5.54. The largest absolute Gasteiger partial charge is 0.330 e. The van der Waals surface area contributed by atoms with Crippen molar-refractivity contribution in [2.45, 2.75) is 40.5 Å². The molecule has 0 aliphatic heterocycles. The molecule has 0 fully saturated rings. The van der Waals surface area contributed by atoms with Crippen molar-refractivity contribution in [2.24, 2.45) is 23.5 Å². The van der Waals surface area contributed by atoms with Crippen LogP contribution in [0, 0.1) is 17.8 Å². The van der Waals surface area contributed by atoms with Crippen molar-refractivity contribution < 1.29 is 0 Å². The van der Waals surface area contributed by atoms with Crippen LogP contribution in [-0.2, 0) is 0 Å². The van der Waals surface area contributed by atoms with Crippen molar-refractivity contribution in [2.75, 3.05) is 26.7 Å². The van der Waals surface area contributed by atoms with Gasteiger partial charge in [-0.1, -0.05) is 27.7 Å². The zero-order valence-corrected chi connectivity index (χ0v) is 11.3. The van der Waals surface area contributed by atoms with Crippen LogP contribution in [0.3, 0.4) is 0 Å². The normalized spacial score (nSPS) is 14.2. The monoisotopic (exact) mass is 214 g/mol. The summed E-state index contributed by atoms with van der Waals surface area (Å²) in [5.41, 5.74) is 5.77. The molecule has 0 radical (unpaired) electrons. The molecule has 15 heavy (non-hydrogen) atoms. The van der Waals surface area contributed by atoms with E-state index in [1.807, 2.05) is 0 Å². The molecule has 0 bridgehead atoms. The van der Waals surface area contributed by atoms with E-state index < -0.39 is 0 Å². The summed E-state index contributed by atoms with van der Waals surface area (Å²) in [5, 5.41) is 0. The molecule has 92 valence electrons. The molecule has 0 amide bonds. The van der Waals surface area contributed by atoms with Crippen molar-refractivity contribution >= 4 is 0 Å². The molecule has 0 saturated carbocycles. The van der Waals surface area contributed by atoms with Crippen LogP contribution in [-0.4, -0.2) is 31.6 Å². The third-order valence-electron chi connectivity index (χ3n) is 3.11. The van der Waals surface area contributed by atoms with E-state index in [0.29, 0.717) is 11.8 Å². The van der Waals surface area contributed by atoms with Crippen molar-refractivity contribution in [1.82, 2.24) is 4.90 Å². The van der Waals surface area contributed by atoms with Gasteiger partial charge in [-0.2, -0.15) is 0 Å². The maximum atomic E-state index is 5.77. The molecule has 1 atom stereocenters. The van der Waals surface area contributed by atoms with Crippen molar-refractivity contribution in [3.8, 4) is 0 Å². The summed E-state index contributed by atoms with van der Waals surface area (Å²) in [6.45, 7) is 12.3. The highest BCUT2D eigenvalue weighted by Gasteiger charge is 2.13. The second-order valence-corrected chi connectivity index (χ2v) is 5.54. The van der Waals surface area contributed by atoms with Crippen LogP contribution >= 0.6 is 0 Å². The average molecular weight is 214 g/mol. The topological polar surface area (TPSA) is 29.3 Å². The molecule has 0 aliphatic carbocycles. The summed E-state index contributed by atoms with van der Waals surface area (Å²) < 4.78 is 0. The Morgan fingerprint density at radius 2 is 1.73 bits per heavy atom. The fraction of sp³-hybridized carbons (Fsp3) is 1.00. The molecule has 0 spiro atoms. The number of hydrogen-bond donors (Lipinski definition) is 1. The lowest BCUT2D eigenvalue weighted by molar-refractivity contribution is 0.234. The molecule has 0 heterocycles. The van der Waals surface area contributed by atoms with Crippen LogP contribution in [0.4, 0.5) is 0 Å². The van der Waals surface area contributed by atoms with E-state index in [1.54, 1.807) is 0 Å². The second kappa shape index (κ2) is 8.12. The first kappa shape index (κ1) is 14.9. The molecule has 0 aliphatic rings. The summed E-state index contributed by atoms with van der Waals surface area (Å²) >= 11 is 0. The minimum atomic E-state index is 0.647. The van der Waals surface area contributed by atoms with Gasteiger partial charge in [0.25, 0.3) is 0 Å². The van der Waals surface area contributed by atoms with Crippen LogP contribution in [0.2, 0.25) is 0 Å². The first-order valence-electron chi connectivity index (χ1n) is 6.36. The number of rotatable bonds is 8. The Balaban J connectivity index is 3.66. The lowest BCUT2D eigenvalue weighted by atomic mass is 9.95. The Bertz CT molecular complexity index is 143. The van der Waals surface area contributed by atoms with Crippen molar-refractivity contribution in [3.05, 3.63) is 0 Å². The Kier molecular flexibility index (Phi) is 8.07. The molecule has 0 aromatic rings. The van der Waals surface area contributed by atoms with E-state index in [0.717, 1.165) is 19.0 Å². The fourth-order valence-electron chi connectivity index (χ4n) is 1.82. The fourth-order valence-corrected chi connectivity index (χ4v) is 1.82.